The Hall–Kier alpha value is -2.47. The van der Waals surface area contributed by atoms with Crippen LogP contribution in [0.5, 0.6) is 0 Å². The van der Waals surface area contributed by atoms with Gasteiger partial charge in [-0.1, -0.05) is 25.4 Å². The Bertz CT molecular complexity index is 954. The summed E-state index contributed by atoms with van der Waals surface area (Å²) in [5.41, 5.74) is 1.65. The summed E-state index contributed by atoms with van der Waals surface area (Å²) >= 11 is 5.95. The minimum absolute atomic E-state index is 0.00378. The number of hydrogen-bond acceptors (Lipinski definition) is 3. The molecule has 4 nitrogen and oxygen atoms in total. The molecule has 130 valence electrons. The van der Waals surface area contributed by atoms with Gasteiger partial charge in [0, 0.05) is 12.1 Å². The highest BCUT2D eigenvalue weighted by Crippen LogP contribution is 2.32. The molecule has 1 heterocycles. The Balaban J connectivity index is 1.93. The van der Waals surface area contributed by atoms with Gasteiger partial charge in [-0.05, 0) is 36.2 Å². The van der Waals surface area contributed by atoms with Crippen LogP contribution in [0.3, 0.4) is 0 Å². The summed E-state index contributed by atoms with van der Waals surface area (Å²) in [6, 6.07) is 6.79. The molecule has 25 heavy (non-hydrogen) atoms. The van der Waals surface area contributed by atoms with Crippen LogP contribution in [-0.2, 0) is 4.79 Å². The average molecular weight is 365 g/mol. The topological polar surface area (TPSA) is 55.1 Å². The third-order valence-electron chi connectivity index (χ3n) is 3.51. The molecule has 1 amide bonds. The van der Waals surface area contributed by atoms with Crippen molar-refractivity contribution in [2.45, 2.75) is 20.3 Å². The molecule has 0 radical (unpaired) electrons. The van der Waals surface area contributed by atoms with Gasteiger partial charge in [-0.3, -0.25) is 4.79 Å². The molecule has 1 aromatic heterocycles. The maximum absolute atomic E-state index is 13.5. The van der Waals surface area contributed by atoms with E-state index in [4.69, 9.17) is 16.0 Å². The van der Waals surface area contributed by atoms with Gasteiger partial charge in [0.2, 0.25) is 11.8 Å². The van der Waals surface area contributed by atoms with Gasteiger partial charge in [-0.25, -0.2) is 13.8 Å². The number of anilines is 1. The molecule has 0 saturated heterocycles. The van der Waals surface area contributed by atoms with E-state index in [1.807, 2.05) is 13.8 Å². The van der Waals surface area contributed by atoms with Crippen LogP contribution in [0, 0.1) is 17.6 Å². The lowest BCUT2D eigenvalue weighted by atomic mass is 10.1. The van der Waals surface area contributed by atoms with E-state index in [0.717, 1.165) is 12.1 Å². The zero-order valence-electron chi connectivity index (χ0n) is 13.6. The van der Waals surface area contributed by atoms with E-state index in [0.29, 0.717) is 23.2 Å². The Kier molecular flexibility index (Phi) is 4.72. The number of rotatable bonds is 4. The van der Waals surface area contributed by atoms with Crippen molar-refractivity contribution in [3.63, 3.8) is 0 Å². The van der Waals surface area contributed by atoms with E-state index in [1.54, 1.807) is 18.2 Å². The number of halogens is 3. The summed E-state index contributed by atoms with van der Waals surface area (Å²) in [6.07, 6.45) is 0.409. The first kappa shape index (κ1) is 17.4. The van der Waals surface area contributed by atoms with Crippen LogP contribution >= 0.6 is 11.6 Å². The van der Waals surface area contributed by atoms with Crippen molar-refractivity contribution >= 4 is 34.3 Å². The minimum Gasteiger partial charge on any atom is -0.436 e. The Morgan fingerprint density at radius 3 is 2.68 bits per heavy atom. The number of hydrogen-bond donors (Lipinski definition) is 1. The van der Waals surface area contributed by atoms with Crippen molar-refractivity contribution in [1.29, 1.82) is 0 Å². The van der Waals surface area contributed by atoms with Gasteiger partial charge in [0.25, 0.3) is 0 Å². The molecule has 0 unspecified atom stereocenters. The number of nitrogens with one attached hydrogen (secondary N) is 1. The molecule has 3 aromatic rings. The fourth-order valence-electron chi connectivity index (χ4n) is 2.39. The first-order valence-electron chi connectivity index (χ1n) is 7.69. The zero-order valence-corrected chi connectivity index (χ0v) is 14.3. The monoisotopic (exact) mass is 364 g/mol. The predicted octanol–water partition coefficient (Wildman–Crippen LogP) is 5.41. The molecule has 0 saturated carbocycles. The van der Waals surface area contributed by atoms with E-state index >= 15 is 0 Å². The van der Waals surface area contributed by atoms with Crippen molar-refractivity contribution < 1.29 is 18.0 Å². The number of oxazole rings is 1. The lowest BCUT2D eigenvalue weighted by Gasteiger charge is -2.06. The van der Waals surface area contributed by atoms with Crippen LogP contribution in [0.25, 0.3) is 22.6 Å². The molecule has 0 fully saturated rings. The predicted molar refractivity (Wildman–Crippen MR) is 92.5 cm³/mol. The number of nitrogens with zero attached hydrogens (tertiary/aromatic N) is 1. The SMILES string of the molecule is CC(C)CC(=O)Nc1ccc2oc(-c3cc(F)c(F)cc3Cl)nc2c1. The molecule has 0 bridgehead atoms. The van der Waals surface area contributed by atoms with Gasteiger partial charge in [0.05, 0.1) is 10.6 Å². The van der Waals surface area contributed by atoms with Crippen LogP contribution in [0.2, 0.25) is 5.02 Å². The molecule has 0 atom stereocenters. The quantitative estimate of drug-likeness (QED) is 0.629. The third-order valence-corrected chi connectivity index (χ3v) is 3.82. The highest BCUT2D eigenvalue weighted by atomic mass is 35.5. The molecular weight excluding hydrogens is 350 g/mol. The van der Waals surface area contributed by atoms with E-state index in [9.17, 15) is 13.6 Å². The van der Waals surface area contributed by atoms with Crippen molar-refractivity contribution in [3.8, 4) is 11.5 Å². The summed E-state index contributed by atoms with van der Waals surface area (Å²) in [7, 11) is 0. The second-order valence-electron chi connectivity index (χ2n) is 6.09. The summed E-state index contributed by atoms with van der Waals surface area (Å²) in [5, 5.41) is 2.78. The molecule has 3 rings (SSSR count). The molecule has 0 spiro atoms. The molecule has 7 heteroatoms. The minimum atomic E-state index is -1.04. The Morgan fingerprint density at radius 1 is 1.24 bits per heavy atom. The lowest BCUT2D eigenvalue weighted by Crippen LogP contribution is -2.13. The third kappa shape index (κ3) is 3.79. The highest BCUT2D eigenvalue weighted by molar-refractivity contribution is 6.33. The number of benzene rings is 2. The second-order valence-corrected chi connectivity index (χ2v) is 6.50. The molecule has 2 aromatic carbocycles. The number of carbonyl (C=O) groups is 1. The van der Waals surface area contributed by atoms with Crippen LogP contribution in [-0.4, -0.2) is 10.9 Å². The van der Waals surface area contributed by atoms with Crippen LogP contribution in [0.15, 0.2) is 34.7 Å². The first-order valence-corrected chi connectivity index (χ1v) is 8.06. The summed E-state index contributed by atoms with van der Waals surface area (Å²) < 4.78 is 32.2. The smallest absolute Gasteiger partial charge is 0.228 e. The average Bonchev–Trinajstić information content (AvgIpc) is 2.92. The summed E-state index contributed by atoms with van der Waals surface area (Å²) in [5.74, 6) is -1.85. The van der Waals surface area contributed by atoms with Gasteiger partial charge < -0.3 is 9.73 Å². The van der Waals surface area contributed by atoms with Gasteiger partial charge in [-0.15, -0.1) is 0 Å². The molecule has 0 aliphatic carbocycles. The van der Waals surface area contributed by atoms with Gasteiger partial charge in [-0.2, -0.15) is 0 Å². The molecule has 0 aliphatic rings. The van der Waals surface area contributed by atoms with Crippen LogP contribution < -0.4 is 5.32 Å². The standard InChI is InChI=1S/C18H15ClF2N2O2/c1-9(2)5-17(24)22-10-3-4-16-15(6-10)23-18(25-16)11-7-13(20)14(21)8-12(11)19/h3-4,6-9H,5H2,1-2H3,(H,22,24). The van der Waals surface area contributed by atoms with Crippen molar-refractivity contribution in [2.75, 3.05) is 5.32 Å². The van der Waals surface area contributed by atoms with Crippen molar-refractivity contribution in [3.05, 3.63) is 47.0 Å². The lowest BCUT2D eigenvalue weighted by molar-refractivity contribution is -0.116. The maximum atomic E-state index is 13.5. The fourth-order valence-corrected chi connectivity index (χ4v) is 2.62. The van der Waals surface area contributed by atoms with E-state index in [-0.39, 0.29) is 28.3 Å². The van der Waals surface area contributed by atoms with Crippen molar-refractivity contribution in [2.24, 2.45) is 5.92 Å². The molecule has 0 aliphatic heterocycles. The maximum Gasteiger partial charge on any atom is 0.228 e. The number of amides is 1. The fraction of sp³-hybridized carbons (Fsp3) is 0.222. The van der Waals surface area contributed by atoms with Crippen LogP contribution in [0.4, 0.5) is 14.5 Å². The van der Waals surface area contributed by atoms with Gasteiger partial charge >= 0.3 is 0 Å². The first-order chi connectivity index (χ1) is 11.8. The summed E-state index contributed by atoms with van der Waals surface area (Å²) in [6.45, 7) is 3.91. The zero-order chi connectivity index (χ0) is 18.1. The highest BCUT2D eigenvalue weighted by Gasteiger charge is 2.16. The summed E-state index contributed by atoms with van der Waals surface area (Å²) in [4.78, 5) is 16.1. The largest absolute Gasteiger partial charge is 0.436 e. The molecule has 1 N–H and O–H groups in total. The normalized spacial score (nSPS) is 11.3. The van der Waals surface area contributed by atoms with Crippen LogP contribution in [0.1, 0.15) is 20.3 Å². The number of fused-ring (bicyclic) bond motifs is 1. The number of carbonyl (C=O) groups excluding carboxylic acids is 1. The van der Waals surface area contributed by atoms with E-state index < -0.39 is 11.6 Å². The number of aromatic nitrogens is 1. The second kappa shape index (κ2) is 6.80. The van der Waals surface area contributed by atoms with E-state index in [2.05, 4.69) is 10.3 Å². The van der Waals surface area contributed by atoms with Gasteiger partial charge in [0.1, 0.15) is 5.52 Å². The Labute approximate surface area is 147 Å². The molecular formula is C18H15ClF2N2O2. The Morgan fingerprint density at radius 2 is 1.96 bits per heavy atom. The van der Waals surface area contributed by atoms with Crippen molar-refractivity contribution in [1.82, 2.24) is 4.98 Å². The van der Waals surface area contributed by atoms with E-state index in [1.165, 1.54) is 0 Å². The van der Waals surface area contributed by atoms with Gasteiger partial charge in [0.15, 0.2) is 17.2 Å².